The normalized spacial score (nSPS) is 18.7. The predicted octanol–water partition coefficient (Wildman–Crippen LogP) is 4.04. The number of benzene rings is 1. The van der Waals surface area contributed by atoms with E-state index in [-0.39, 0.29) is 24.4 Å². The number of carbonyl (C=O) groups excluding carboxylic acids is 1. The van der Waals surface area contributed by atoms with Gasteiger partial charge in [0.2, 0.25) is 5.91 Å². The third kappa shape index (κ3) is 3.30. The monoisotopic (exact) mass is 391 g/mol. The Kier molecular flexibility index (Phi) is 5.78. The molecule has 4 nitrogen and oxygen atoms in total. The van der Waals surface area contributed by atoms with Gasteiger partial charge in [-0.25, -0.2) is 0 Å². The quantitative estimate of drug-likeness (QED) is 0.803. The molecule has 0 saturated heterocycles. The van der Waals surface area contributed by atoms with Gasteiger partial charge in [0, 0.05) is 29.3 Å². The molecule has 4 rings (SSSR count). The van der Waals surface area contributed by atoms with E-state index in [9.17, 15) is 4.79 Å². The maximum Gasteiger partial charge on any atom is 0.242 e. The van der Waals surface area contributed by atoms with Crippen LogP contribution in [0.4, 0.5) is 11.4 Å². The van der Waals surface area contributed by atoms with Crippen LogP contribution in [-0.2, 0) is 17.6 Å². The second-order valence-electron chi connectivity index (χ2n) is 6.93. The lowest BCUT2D eigenvalue weighted by atomic mass is 9.97. The number of nitrogens with two attached hydrogens (primary N) is 1. The van der Waals surface area contributed by atoms with Crippen LogP contribution in [0.25, 0.3) is 0 Å². The first-order chi connectivity index (χ1) is 12.2. The Morgan fingerprint density at radius 3 is 2.92 bits per heavy atom. The zero-order chi connectivity index (χ0) is 17.4. The van der Waals surface area contributed by atoms with Crippen molar-refractivity contribution < 1.29 is 4.79 Å². The van der Waals surface area contributed by atoms with Gasteiger partial charge in [-0.2, -0.15) is 0 Å². The highest BCUT2D eigenvalue weighted by atomic mass is 35.5. The fourth-order valence-electron chi connectivity index (χ4n) is 4.28. The van der Waals surface area contributed by atoms with Crippen molar-refractivity contribution in [2.24, 2.45) is 0 Å². The molecule has 1 aromatic carbocycles. The maximum atomic E-state index is 13.1. The molecule has 26 heavy (non-hydrogen) atoms. The Morgan fingerprint density at radius 2 is 2.12 bits per heavy atom. The summed E-state index contributed by atoms with van der Waals surface area (Å²) in [5, 5.41) is 2.16. The van der Waals surface area contributed by atoms with Crippen LogP contribution in [-0.4, -0.2) is 30.4 Å². The number of amides is 1. The van der Waals surface area contributed by atoms with Gasteiger partial charge in [-0.15, -0.1) is 23.7 Å². The van der Waals surface area contributed by atoms with E-state index in [1.807, 2.05) is 23.5 Å². The molecule has 0 aliphatic carbocycles. The highest BCUT2D eigenvalue weighted by molar-refractivity contribution is 7.10. The van der Waals surface area contributed by atoms with Crippen molar-refractivity contribution >= 4 is 41.0 Å². The highest BCUT2D eigenvalue weighted by Crippen LogP contribution is 2.36. The Morgan fingerprint density at radius 1 is 1.27 bits per heavy atom. The molecular weight excluding hydrogens is 366 g/mol. The third-order valence-corrected chi connectivity index (χ3v) is 6.51. The average Bonchev–Trinajstić information content (AvgIpc) is 3.10. The van der Waals surface area contributed by atoms with Crippen LogP contribution in [0.15, 0.2) is 29.6 Å². The Balaban J connectivity index is 0.00000196. The first-order valence-corrected chi connectivity index (χ1v) is 10.0. The van der Waals surface area contributed by atoms with E-state index in [2.05, 4.69) is 34.2 Å². The van der Waals surface area contributed by atoms with Crippen molar-refractivity contribution in [3.05, 3.63) is 45.6 Å². The van der Waals surface area contributed by atoms with Gasteiger partial charge >= 0.3 is 0 Å². The maximum absolute atomic E-state index is 13.1. The standard InChI is InChI=1S/C20H25N3OS.ClH/c1-2-17-15-9-12-25-19(15)8-11-23(17)20(24)13-22-10-4-5-14-16(21)6-3-7-18(14)22;/h3,6-7,9,12,17H,2,4-5,8,10-11,13,21H2,1H3;1H. The fraction of sp³-hybridized carbons (Fsp3) is 0.450. The van der Waals surface area contributed by atoms with Gasteiger partial charge in [0.15, 0.2) is 0 Å². The van der Waals surface area contributed by atoms with E-state index in [1.54, 1.807) is 0 Å². The average molecular weight is 392 g/mol. The smallest absolute Gasteiger partial charge is 0.242 e. The molecule has 3 heterocycles. The topological polar surface area (TPSA) is 49.6 Å². The zero-order valence-corrected chi connectivity index (χ0v) is 16.7. The van der Waals surface area contributed by atoms with E-state index in [0.29, 0.717) is 6.54 Å². The molecule has 1 atom stereocenters. The Bertz CT molecular complexity index is 791. The summed E-state index contributed by atoms with van der Waals surface area (Å²) >= 11 is 1.82. The summed E-state index contributed by atoms with van der Waals surface area (Å²) in [7, 11) is 0. The number of thiophene rings is 1. The lowest BCUT2D eigenvalue weighted by Gasteiger charge is -2.38. The molecule has 1 unspecified atom stereocenters. The van der Waals surface area contributed by atoms with Gasteiger partial charge in [-0.1, -0.05) is 13.0 Å². The summed E-state index contributed by atoms with van der Waals surface area (Å²) in [5.74, 6) is 0.235. The summed E-state index contributed by atoms with van der Waals surface area (Å²) in [4.78, 5) is 18.9. The number of fused-ring (bicyclic) bond motifs is 2. The van der Waals surface area contributed by atoms with Crippen LogP contribution >= 0.6 is 23.7 Å². The molecule has 0 radical (unpaired) electrons. The predicted molar refractivity (Wildman–Crippen MR) is 111 cm³/mol. The van der Waals surface area contributed by atoms with Gasteiger partial charge in [0.05, 0.1) is 12.6 Å². The largest absolute Gasteiger partial charge is 0.398 e. The molecule has 1 amide bonds. The van der Waals surface area contributed by atoms with Crippen LogP contribution in [0.3, 0.4) is 0 Å². The lowest BCUT2D eigenvalue weighted by molar-refractivity contribution is -0.132. The number of nitrogen functional groups attached to an aromatic ring is 1. The molecule has 2 N–H and O–H groups in total. The van der Waals surface area contributed by atoms with Crippen LogP contribution in [0.5, 0.6) is 0 Å². The fourth-order valence-corrected chi connectivity index (χ4v) is 5.21. The minimum absolute atomic E-state index is 0. The summed E-state index contributed by atoms with van der Waals surface area (Å²) in [6.07, 6.45) is 4.02. The molecule has 0 spiro atoms. The van der Waals surface area contributed by atoms with E-state index in [1.165, 1.54) is 16.0 Å². The van der Waals surface area contributed by atoms with Crippen molar-refractivity contribution in [2.45, 2.75) is 38.6 Å². The molecule has 2 aliphatic heterocycles. The van der Waals surface area contributed by atoms with E-state index >= 15 is 0 Å². The number of anilines is 2. The molecule has 6 heteroatoms. The first-order valence-electron chi connectivity index (χ1n) is 9.17. The van der Waals surface area contributed by atoms with Crippen LogP contribution in [0, 0.1) is 0 Å². The van der Waals surface area contributed by atoms with Crippen LogP contribution in [0.1, 0.15) is 41.8 Å². The number of carbonyl (C=O) groups is 1. The molecular formula is C20H26ClN3OS. The molecule has 1 aromatic heterocycles. The van der Waals surface area contributed by atoms with Gasteiger partial charge in [-0.3, -0.25) is 4.79 Å². The van der Waals surface area contributed by atoms with Crippen molar-refractivity contribution in [1.82, 2.24) is 4.90 Å². The SMILES string of the molecule is CCC1c2ccsc2CCN1C(=O)CN1CCCc2c(N)cccc21.Cl. The van der Waals surface area contributed by atoms with Crippen molar-refractivity contribution in [2.75, 3.05) is 30.3 Å². The second kappa shape index (κ2) is 7.89. The van der Waals surface area contributed by atoms with Gasteiger partial charge < -0.3 is 15.5 Å². The number of rotatable bonds is 3. The molecule has 0 fully saturated rings. The van der Waals surface area contributed by atoms with Gasteiger partial charge in [0.25, 0.3) is 0 Å². The summed E-state index contributed by atoms with van der Waals surface area (Å²) in [6.45, 7) is 4.39. The summed E-state index contributed by atoms with van der Waals surface area (Å²) in [5.41, 5.74) is 10.7. The van der Waals surface area contributed by atoms with E-state index in [0.717, 1.165) is 50.1 Å². The number of hydrogen-bond acceptors (Lipinski definition) is 4. The first kappa shape index (κ1) is 19.1. The van der Waals surface area contributed by atoms with Crippen LogP contribution in [0.2, 0.25) is 0 Å². The second-order valence-corrected chi connectivity index (χ2v) is 7.93. The minimum Gasteiger partial charge on any atom is -0.398 e. The van der Waals surface area contributed by atoms with Crippen molar-refractivity contribution in [1.29, 1.82) is 0 Å². The minimum atomic E-state index is 0. The molecule has 2 aliphatic rings. The molecule has 0 bridgehead atoms. The Hall–Kier alpha value is -1.72. The van der Waals surface area contributed by atoms with Gasteiger partial charge in [-0.05, 0) is 60.4 Å². The molecule has 0 saturated carbocycles. The molecule has 140 valence electrons. The van der Waals surface area contributed by atoms with E-state index < -0.39 is 0 Å². The third-order valence-electron chi connectivity index (χ3n) is 5.51. The van der Waals surface area contributed by atoms with Gasteiger partial charge in [0.1, 0.15) is 0 Å². The molecule has 2 aromatic rings. The summed E-state index contributed by atoms with van der Waals surface area (Å²) < 4.78 is 0. The highest BCUT2D eigenvalue weighted by Gasteiger charge is 2.31. The number of nitrogens with zero attached hydrogens (tertiary/aromatic N) is 2. The van der Waals surface area contributed by atoms with Crippen LogP contribution < -0.4 is 10.6 Å². The Labute approximate surface area is 165 Å². The number of hydrogen-bond donors (Lipinski definition) is 1. The zero-order valence-electron chi connectivity index (χ0n) is 15.1. The van der Waals surface area contributed by atoms with E-state index in [4.69, 9.17) is 5.73 Å². The lowest BCUT2D eigenvalue weighted by Crippen LogP contribution is -2.46. The number of halogens is 1. The van der Waals surface area contributed by atoms with Crippen molar-refractivity contribution in [3.63, 3.8) is 0 Å². The summed E-state index contributed by atoms with van der Waals surface area (Å²) in [6, 6.07) is 8.48. The van der Waals surface area contributed by atoms with Crippen molar-refractivity contribution in [3.8, 4) is 0 Å².